The summed E-state index contributed by atoms with van der Waals surface area (Å²) in [5, 5.41) is 5.61. The van der Waals surface area contributed by atoms with Gasteiger partial charge in [0.25, 0.3) is 0 Å². The molecule has 6 nitrogen and oxygen atoms in total. The van der Waals surface area contributed by atoms with E-state index in [2.05, 4.69) is 21.5 Å². The lowest BCUT2D eigenvalue weighted by molar-refractivity contribution is -0.126. The number of hydrazine groups is 1. The SMILES string of the molecule is CCNNC(=O)CCC(=O)NCCNC. The van der Waals surface area contributed by atoms with Crippen LogP contribution < -0.4 is 21.5 Å². The summed E-state index contributed by atoms with van der Waals surface area (Å²) in [6.07, 6.45) is 0.430. The molecule has 0 spiro atoms. The summed E-state index contributed by atoms with van der Waals surface area (Å²) in [4.78, 5) is 22.2. The maximum atomic E-state index is 11.2. The molecule has 0 aliphatic heterocycles. The van der Waals surface area contributed by atoms with E-state index in [9.17, 15) is 9.59 Å². The van der Waals surface area contributed by atoms with Gasteiger partial charge in [0, 0.05) is 32.5 Å². The fraction of sp³-hybridized carbons (Fsp3) is 0.778. The van der Waals surface area contributed by atoms with Gasteiger partial charge in [-0.15, -0.1) is 0 Å². The van der Waals surface area contributed by atoms with Gasteiger partial charge in [-0.25, -0.2) is 5.43 Å². The van der Waals surface area contributed by atoms with Gasteiger partial charge >= 0.3 is 0 Å². The molecule has 0 fully saturated rings. The summed E-state index contributed by atoms with van der Waals surface area (Å²) in [6.45, 7) is 3.87. The smallest absolute Gasteiger partial charge is 0.234 e. The van der Waals surface area contributed by atoms with Gasteiger partial charge in [0.05, 0.1) is 0 Å². The predicted molar refractivity (Wildman–Crippen MR) is 58.0 cm³/mol. The van der Waals surface area contributed by atoms with Crippen molar-refractivity contribution in [2.75, 3.05) is 26.7 Å². The normalized spacial score (nSPS) is 9.73. The van der Waals surface area contributed by atoms with Crippen molar-refractivity contribution in [2.45, 2.75) is 19.8 Å². The molecule has 88 valence electrons. The molecule has 0 heterocycles. The van der Waals surface area contributed by atoms with Gasteiger partial charge in [0.15, 0.2) is 0 Å². The van der Waals surface area contributed by atoms with Crippen LogP contribution in [-0.2, 0) is 9.59 Å². The average molecular weight is 216 g/mol. The highest BCUT2D eigenvalue weighted by atomic mass is 16.2. The molecule has 0 saturated heterocycles. The Labute approximate surface area is 90.2 Å². The van der Waals surface area contributed by atoms with E-state index in [-0.39, 0.29) is 24.7 Å². The van der Waals surface area contributed by atoms with E-state index in [1.807, 2.05) is 14.0 Å². The Morgan fingerprint density at radius 1 is 1.07 bits per heavy atom. The minimum absolute atomic E-state index is 0.100. The molecule has 0 aliphatic rings. The van der Waals surface area contributed by atoms with Gasteiger partial charge in [-0.05, 0) is 7.05 Å². The van der Waals surface area contributed by atoms with Crippen molar-refractivity contribution in [1.82, 2.24) is 21.5 Å². The molecule has 0 aromatic carbocycles. The third kappa shape index (κ3) is 9.17. The molecular formula is C9H20N4O2. The number of hydrogen-bond acceptors (Lipinski definition) is 4. The van der Waals surface area contributed by atoms with Crippen molar-refractivity contribution in [3.05, 3.63) is 0 Å². The van der Waals surface area contributed by atoms with E-state index in [0.29, 0.717) is 13.1 Å². The van der Waals surface area contributed by atoms with Crippen molar-refractivity contribution in [3.8, 4) is 0 Å². The number of carbonyl (C=O) groups is 2. The summed E-state index contributed by atoms with van der Waals surface area (Å²) in [5.41, 5.74) is 5.16. The molecule has 0 bridgehead atoms. The first-order valence-electron chi connectivity index (χ1n) is 5.13. The highest BCUT2D eigenvalue weighted by molar-refractivity contribution is 5.83. The third-order valence-corrected chi connectivity index (χ3v) is 1.68. The first kappa shape index (κ1) is 13.9. The molecular weight excluding hydrogens is 196 g/mol. The number of carbonyl (C=O) groups excluding carboxylic acids is 2. The van der Waals surface area contributed by atoms with Crippen LogP contribution in [0.5, 0.6) is 0 Å². The van der Waals surface area contributed by atoms with E-state index < -0.39 is 0 Å². The number of rotatable bonds is 8. The lowest BCUT2D eigenvalue weighted by Gasteiger charge is -2.05. The lowest BCUT2D eigenvalue weighted by atomic mass is 10.3. The Morgan fingerprint density at radius 2 is 1.73 bits per heavy atom. The van der Waals surface area contributed by atoms with E-state index in [0.717, 1.165) is 6.54 Å². The fourth-order valence-corrected chi connectivity index (χ4v) is 0.892. The van der Waals surface area contributed by atoms with Crippen molar-refractivity contribution < 1.29 is 9.59 Å². The molecule has 2 amide bonds. The molecule has 0 aromatic heterocycles. The summed E-state index contributed by atoms with van der Waals surface area (Å²) < 4.78 is 0. The van der Waals surface area contributed by atoms with Crippen molar-refractivity contribution in [1.29, 1.82) is 0 Å². The highest BCUT2D eigenvalue weighted by Gasteiger charge is 2.04. The molecule has 4 N–H and O–H groups in total. The Bertz CT molecular complexity index is 197. The van der Waals surface area contributed by atoms with Crippen LogP contribution in [-0.4, -0.2) is 38.5 Å². The van der Waals surface area contributed by atoms with E-state index in [4.69, 9.17) is 0 Å². The zero-order valence-electron chi connectivity index (χ0n) is 9.35. The van der Waals surface area contributed by atoms with Crippen LogP contribution in [0.1, 0.15) is 19.8 Å². The molecule has 0 radical (unpaired) electrons. The van der Waals surface area contributed by atoms with Gasteiger partial charge in [-0.1, -0.05) is 6.92 Å². The zero-order valence-corrected chi connectivity index (χ0v) is 9.35. The standard InChI is InChI=1S/C9H20N4O2/c1-3-12-13-9(15)5-4-8(14)11-7-6-10-2/h10,12H,3-7H2,1-2H3,(H,11,14)(H,13,15). The fourth-order valence-electron chi connectivity index (χ4n) is 0.892. The quantitative estimate of drug-likeness (QED) is 0.302. The number of amides is 2. The topological polar surface area (TPSA) is 82.3 Å². The van der Waals surface area contributed by atoms with Crippen LogP contribution in [0.25, 0.3) is 0 Å². The van der Waals surface area contributed by atoms with Crippen LogP contribution in [0.2, 0.25) is 0 Å². The summed E-state index contributed by atoms with van der Waals surface area (Å²) in [5.74, 6) is -0.266. The summed E-state index contributed by atoms with van der Waals surface area (Å²) >= 11 is 0. The lowest BCUT2D eigenvalue weighted by Crippen LogP contribution is -2.38. The van der Waals surface area contributed by atoms with E-state index >= 15 is 0 Å². The van der Waals surface area contributed by atoms with Gasteiger partial charge < -0.3 is 10.6 Å². The molecule has 0 atom stereocenters. The van der Waals surface area contributed by atoms with Gasteiger partial charge in [-0.3, -0.25) is 15.0 Å². The minimum atomic E-state index is -0.166. The number of nitrogens with one attached hydrogen (secondary N) is 4. The Morgan fingerprint density at radius 3 is 2.33 bits per heavy atom. The molecule has 0 rings (SSSR count). The van der Waals surface area contributed by atoms with Crippen molar-refractivity contribution >= 4 is 11.8 Å². The first-order valence-corrected chi connectivity index (χ1v) is 5.13. The number of hydrogen-bond donors (Lipinski definition) is 4. The first-order chi connectivity index (χ1) is 7.20. The summed E-state index contributed by atoms with van der Waals surface area (Å²) in [7, 11) is 1.82. The average Bonchev–Trinajstić information content (AvgIpc) is 2.24. The molecule has 0 unspecified atom stereocenters. The number of likely N-dealkylation sites (N-methyl/N-ethyl adjacent to an activating group) is 1. The molecule has 0 saturated carbocycles. The van der Waals surface area contributed by atoms with E-state index in [1.165, 1.54) is 0 Å². The second-order valence-electron chi connectivity index (χ2n) is 3.03. The Hall–Kier alpha value is -1.14. The van der Waals surface area contributed by atoms with Crippen LogP contribution in [0.15, 0.2) is 0 Å². The summed E-state index contributed by atoms with van der Waals surface area (Å²) in [6, 6.07) is 0. The largest absolute Gasteiger partial charge is 0.355 e. The minimum Gasteiger partial charge on any atom is -0.355 e. The predicted octanol–water partition coefficient (Wildman–Crippen LogP) is -1.26. The van der Waals surface area contributed by atoms with Crippen LogP contribution in [0.3, 0.4) is 0 Å². The van der Waals surface area contributed by atoms with E-state index in [1.54, 1.807) is 0 Å². The second kappa shape index (κ2) is 9.42. The monoisotopic (exact) mass is 216 g/mol. The van der Waals surface area contributed by atoms with Crippen molar-refractivity contribution in [3.63, 3.8) is 0 Å². The van der Waals surface area contributed by atoms with Gasteiger partial charge in [0.1, 0.15) is 0 Å². The van der Waals surface area contributed by atoms with Gasteiger partial charge in [0.2, 0.25) is 11.8 Å². The van der Waals surface area contributed by atoms with Crippen LogP contribution in [0, 0.1) is 0 Å². The molecule has 0 aromatic rings. The highest BCUT2D eigenvalue weighted by Crippen LogP contribution is 1.87. The molecule has 6 heteroatoms. The molecule has 0 aliphatic carbocycles. The maximum absolute atomic E-state index is 11.2. The van der Waals surface area contributed by atoms with Crippen LogP contribution >= 0.6 is 0 Å². The third-order valence-electron chi connectivity index (χ3n) is 1.68. The second-order valence-corrected chi connectivity index (χ2v) is 3.03. The van der Waals surface area contributed by atoms with Crippen LogP contribution in [0.4, 0.5) is 0 Å². The van der Waals surface area contributed by atoms with Gasteiger partial charge in [-0.2, -0.15) is 0 Å². The Balaban J connectivity index is 3.40. The Kier molecular flexibility index (Phi) is 8.70. The zero-order chi connectivity index (χ0) is 11.5. The maximum Gasteiger partial charge on any atom is 0.234 e. The van der Waals surface area contributed by atoms with Crippen molar-refractivity contribution in [2.24, 2.45) is 0 Å². The molecule has 15 heavy (non-hydrogen) atoms.